The molecule has 142 valence electrons. The molecule has 0 spiro atoms. The number of hydrogen-bond acceptors (Lipinski definition) is 3. The van der Waals surface area contributed by atoms with Crippen LogP contribution in [0.4, 0.5) is 0 Å². The van der Waals surface area contributed by atoms with Gasteiger partial charge in [0.1, 0.15) is 0 Å². The van der Waals surface area contributed by atoms with Crippen LogP contribution in [0, 0.1) is 13.8 Å². The number of carboxylic acids is 1. The molecule has 0 amide bonds. The van der Waals surface area contributed by atoms with Crippen molar-refractivity contribution < 1.29 is 19.7 Å². The van der Waals surface area contributed by atoms with Gasteiger partial charge in [-0.2, -0.15) is 0 Å². The highest BCUT2D eigenvalue weighted by Gasteiger charge is 2.07. The lowest BCUT2D eigenvalue weighted by atomic mass is 10.1. The molecule has 1 heterocycles. The smallest absolute Gasteiger partial charge is 0.335 e. The van der Waals surface area contributed by atoms with E-state index in [0.717, 1.165) is 38.8 Å². The molecule has 3 rings (SSSR count). The first kappa shape index (κ1) is 22.8. The van der Waals surface area contributed by atoms with Crippen molar-refractivity contribution in [3.63, 3.8) is 0 Å². The minimum atomic E-state index is -0.885. The van der Waals surface area contributed by atoms with Gasteiger partial charge < -0.3 is 14.9 Å². The van der Waals surface area contributed by atoms with Crippen molar-refractivity contribution in [2.75, 3.05) is 13.2 Å². The molecule has 1 aliphatic rings. The zero-order valence-electron chi connectivity index (χ0n) is 15.0. The van der Waals surface area contributed by atoms with Gasteiger partial charge in [-0.3, -0.25) is 0 Å². The van der Waals surface area contributed by atoms with Crippen LogP contribution in [0.1, 0.15) is 39.9 Å². The highest BCUT2D eigenvalue weighted by Crippen LogP contribution is 2.19. The van der Waals surface area contributed by atoms with Crippen molar-refractivity contribution in [2.45, 2.75) is 33.3 Å². The van der Waals surface area contributed by atoms with E-state index in [4.69, 9.17) is 14.9 Å². The second-order valence-electron chi connectivity index (χ2n) is 5.72. The fourth-order valence-electron chi connectivity index (χ4n) is 2.17. The number of ether oxygens (including phenoxy) is 1. The molecule has 1 saturated heterocycles. The summed E-state index contributed by atoms with van der Waals surface area (Å²) in [5.41, 5.74) is 3.21. The standard InChI is InChI=1S/C8H7BrO2.C8H9BrO.C4H8O/c1-5-6(8(10)11)3-2-4-7(5)9;1-6-7(5-10)3-2-4-8(6)9;1-2-4-5-3-1/h2-4H,1H3,(H,10,11);2-4,10H,5H2,1H3;1-4H2. The Morgan fingerprint density at radius 2 is 1.54 bits per heavy atom. The summed E-state index contributed by atoms with van der Waals surface area (Å²) in [6.45, 7) is 5.87. The zero-order chi connectivity index (χ0) is 19.5. The molecule has 2 aromatic rings. The summed E-state index contributed by atoms with van der Waals surface area (Å²) in [6, 6.07) is 10.9. The van der Waals surface area contributed by atoms with Crippen molar-refractivity contribution in [3.8, 4) is 0 Å². The second-order valence-corrected chi connectivity index (χ2v) is 7.43. The Kier molecular flexibility index (Phi) is 10.7. The van der Waals surface area contributed by atoms with Crippen LogP contribution in [0.15, 0.2) is 45.3 Å². The van der Waals surface area contributed by atoms with Crippen LogP contribution in [0.25, 0.3) is 0 Å². The van der Waals surface area contributed by atoms with Crippen LogP contribution in [-0.2, 0) is 11.3 Å². The van der Waals surface area contributed by atoms with Crippen LogP contribution in [0.2, 0.25) is 0 Å². The number of aliphatic hydroxyl groups excluding tert-OH is 1. The first-order valence-electron chi connectivity index (χ1n) is 8.29. The topological polar surface area (TPSA) is 66.8 Å². The minimum absolute atomic E-state index is 0.116. The van der Waals surface area contributed by atoms with Gasteiger partial charge in [0.05, 0.1) is 12.2 Å². The highest BCUT2D eigenvalue weighted by atomic mass is 79.9. The van der Waals surface area contributed by atoms with Crippen LogP contribution in [-0.4, -0.2) is 29.4 Å². The summed E-state index contributed by atoms with van der Waals surface area (Å²) in [4.78, 5) is 10.6. The second kappa shape index (κ2) is 12.2. The molecule has 4 nitrogen and oxygen atoms in total. The lowest BCUT2D eigenvalue weighted by molar-refractivity contribution is 0.0696. The maximum Gasteiger partial charge on any atom is 0.335 e. The molecule has 0 radical (unpaired) electrons. The predicted molar refractivity (Wildman–Crippen MR) is 111 cm³/mol. The van der Waals surface area contributed by atoms with E-state index in [9.17, 15) is 4.79 Å². The molecule has 0 unspecified atom stereocenters. The van der Waals surface area contributed by atoms with Gasteiger partial charge in [-0.05, 0) is 61.6 Å². The maximum atomic E-state index is 10.6. The Hall–Kier alpha value is -1.21. The monoisotopic (exact) mass is 486 g/mol. The first-order chi connectivity index (χ1) is 12.4. The summed E-state index contributed by atoms with van der Waals surface area (Å²) in [5, 5.41) is 17.5. The van der Waals surface area contributed by atoms with Gasteiger partial charge >= 0.3 is 5.97 Å². The Bertz CT molecular complexity index is 705. The fourth-order valence-corrected chi connectivity index (χ4v) is 2.95. The first-order valence-corrected chi connectivity index (χ1v) is 9.88. The van der Waals surface area contributed by atoms with Gasteiger partial charge in [0, 0.05) is 22.2 Å². The molecule has 6 heteroatoms. The summed E-state index contributed by atoms with van der Waals surface area (Å²) in [5.74, 6) is -0.885. The van der Waals surface area contributed by atoms with E-state index < -0.39 is 5.97 Å². The van der Waals surface area contributed by atoms with Gasteiger partial charge in [0.15, 0.2) is 0 Å². The van der Waals surface area contributed by atoms with Gasteiger partial charge in [0.25, 0.3) is 0 Å². The van der Waals surface area contributed by atoms with Crippen molar-refractivity contribution in [2.24, 2.45) is 0 Å². The number of carbonyl (C=O) groups is 1. The lowest BCUT2D eigenvalue weighted by Gasteiger charge is -2.02. The van der Waals surface area contributed by atoms with E-state index in [1.165, 1.54) is 12.8 Å². The van der Waals surface area contributed by atoms with E-state index in [2.05, 4.69) is 31.9 Å². The van der Waals surface area contributed by atoms with E-state index in [1.807, 2.05) is 31.2 Å². The average Bonchev–Trinajstić information content (AvgIpc) is 3.20. The van der Waals surface area contributed by atoms with Crippen LogP contribution >= 0.6 is 31.9 Å². The van der Waals surface area contributed by atoms with E-state index in [1.54, 1.807) is 19.1 Å². The highest BCUT2D eigenvalue weighted by molar-refractivity contribution is 9.10. The molecule has 0 aliphatic carbocycles. The Labute approximate surface area is 171 Å². The third-order valence-electron chi connectivity index (χ3n) is 3.88. The zero-order valence-corrected chi connectivity index (χ0v) is 18.1. The number of rotatable bonds is 2. The number of hydrogen-bond donors (Lipinski definition) is 2. The number of aliphatic hydroxyl groups is 1. The molecule has 26 heavy (non-hydrogen) atoms. The van der Waals surface area contributed by atoms with Gasteiger partial charge in [0.2, 0.25) is 0 Å². The molecule has 1 aliphatic heterocycles. The van der Waals surface area contributed by atoms with Gasteiger partial charge in [-0.1, -0.05) is 50.1 Å². The van der Waals surface area contributed by atoms with Gasteiger partial charge in [-0.25, -0.2) is 4.79 Å². The Balaban J connectivity index is 0.000000208. The van der Waals surface area contributed by atoms with E-state index in [-0.39, 0.29) is 6.61 Å². The van der Waals surface area contributed by atoms with Crippen molar-refractivity contribution in [3.05, 3.63) is 67.6 Å². The van der Waals surface area contributed by atoms with Crippen molar-refractivity contribution in [1.82, 2.24) is 0 Å². The third kappa shape index (κ3) is 7.58. The normalized spacial score (nSPS) is 12.5. The number of benzene rings is 2. The lowest BCUT2D eigenvalue weighted by Crippen LogP contribution is -1.99. The van der Waals surface area contributed by atoms with Crippen molar-refractivity contribution in [1.29, 1.82) is 0 Å². The van der Waals surface area contributed by atoms with Crippen LogP contribution in [0.3, 0.4) is 0 Å². The molecular formula is C20H24Br2O4. The van der Waals surface area contributed by atoms with Crippen molar-refractivity contribution >= 4 is 37.8 Å². The Morgan fingerprint density at radius 1 is 1.00 bits per heavy atom. The minimum Gasteiger partial charge on any atom is -0.478 e. The van der Waals surface area contributed by atoms with Crippen LogP contribution < -0.4 is 0 Å². The number of carboxylic acid groups (broad SMARTS) is 1. The summed E-state index contributed by atoms with van der Waals surface area (Å²) in [7, 11) is 0. The maximum absolute atomic E-state index is 10.6. The fraction of sp³-hybridized carbons (Fsp3) is 0.350. The quantitative estimate of drug-likeness (QED) is 0.586. The predicted octanol–water partition coefficient (Wildman–Crippen LogP) is 5.50. The summed E-state index contributed by atoms with van der Waals surface area (Å²) in [6.07, 6.45) is 2.56. The SMILES string of the molecule is C1CCOC1.Cc1c(Br)cccc1C(=O)O.Cc1c(Br)cccc1CO. The molecule has 2 aromatic carbocycles. The Morgan fingerprint density at radius 3 is 1.92 bits per heavy atom. The van der Waals surface area contributed by atoms with Gasteiger partial charge in [-0.15, -0.1) is 0 Å². The largest absolute Gasteiger partial charge is 0.478 e. The average molecular weight is 488 g/mol. The molecule has 1 fully saturated rings. The third-order valence-corrected chi connectivity index (χ3v) is 5.59. The summed E-state index contributed by atoms with van der Waals surface area (Å²) < 4.78 is 6.83. The van der Waals surface area contributed by atoms with E-state index in [0.29, 0.717) is 5.56 Å². The molecular weight excluding hydrogens is 464 g/mol. The number of halogens is 2. The van der Waals surface area contributed by atoms with E-state index >= 15 is 0 Å². The molecule has 2 N–H and O–H groups in total. The summed E-state index contributed by atoms with van der Waals surface area (Å²) >= 11 is 6.63. The molecule has 0 bridgehead atoms. The van der Waals surface area contributed by atoms with Crippen LogP contribution in [0.5, 0.6) is 0 Å². The molecule has 0 saturated carbocycles. The molecule has 0 atom stereocenters. The number of aromatic carboxylic acids is 1. The molecule has 0 aromatic heterocycles.